The normalized spacial score (nSPS) is 11.9. The van der Waals surface area contributed by atoms with Gasteiger partial charge in [0.2, 0.25) is 5.91 Å². The van der Waals surface area contributed by atoms with Crippen LogP contribution in [0, 0.1) is 0 Å². The molecule has 0 aliphatic heterocycles. The van der Waals surface area contributed by atoms with Crippen molar-refractivity contribution in [3.05, 3.63) is 48.0 Å². The molecule has 2 rings (SSSR count). The topological polar surface area (TPSA) is 55.4 Å². The Morgan fingerprint density at radius 3 is 2.42 bits per heavy atom. The summed E-state index contributed by atoms with van der Waals surface area (Å²) >= 11 is 0. The van der Waals surface area contributed by atoms with E-state index in [1.54, 1.807) is 0 Å². The first-order valence-electron chi connectivity index (χ1n) is 5.95. The number of carbonyl (C=O) groups is 2. The molecule has 2 aromatic rings. The number of hydrogen-bond donors (Lipinski definition) is 1. The third-order valence-corrected chi connectivity index (χ3v) is 2.89. The molecule has 0 aromatic heterocycles. The number of fused-ring (bicyclic) bond motifs is 1. The van der Waals surface area contributed by atoms with E-state index in [1.165, 1.54) is 14.0 Å². The van der Waals surface area contributed by atoms with Crippen LogP contribution in [0.2, 0.25) is 0 Å². The van der Waals surface area contributed by atoms with Gasteiger partial charge in [0.15, 0.2) is 6.04 Å². The smallest absolute Gasteiger partial charge is 0.333 e. The monoisotopic (exact) mass is 257 g/mol. The van der Waals surface area contributed by atoms with Crippen molar-refractivity contribution in [3.63, 3.8) is 0 Å². The van der Waals surface area contributed by atoms with Crippen molar-refractivity contribution in [2.45, 2.75) is 13.0 Å². The van der Waals surface area contributed by atoms with Crippen molar-refractivity contribution in [2.24, 2.45) is 0 Å². The molecule has 4 heteroatoms. The SMILES string of the molecule is COC(=O)[C@H](NC(C)=O)c1ccc2ccccc2c1. The molecule has 0 fully saturated rings. The van der Waals surface area contributed by atoms with Crippen LogP contribution in [0.3, 0.4) is 0 Å². The number of benzene rings is 2. The summed E-state index contributed by atoms with van der Waals surface area (Å²) in [5.74, 6) is -0.756. The van der Waals surface area contributed by atoms with Crippen molar-refractivity contribution in [1.29, 1.82) is 0 Å². The number of hydrogen-bond acceptors (Lipinski definition) is 3. The Labute approximate surface area is 111 Å². The zero-order valence-electron chi connectivity index (χ0n) is 10.8. The van der Waals surface area contributed by atoms with Crippen LogP contribution in [-0.4, -0.2) is 19.0 Å². The maximum atomic E-state index is 11.7. The lowest BCUT2D eigenvalue weighted by atomic mass is 10.0. The Bertz CT molecular complexity index is 622. The molecule has 0 saturated carbocycles. The summed E-state index contributed by atoms with van der Waals surface area (Å²) in [6, 6.07) is 12.7. The third-order valence-electron chi connectivity index (χ3n) is 2.89. The zero-order valence-corrected chi connectivity index (χ0v) is 10.8. The number of methoxy groups -OCH3 is 1. The molecule has 19 heavy (non-hydrogen) atoms. The first-order valence-corrected chi connectivity index (χ1v) is 5.95. The van der Waals surface area contributed by atoms with Gasteiger partial charge < -0.3 is 10.1 Å². The highest BCUT2D eigenvalue weighted by Gasteiger charge is 2.22. The van der Waals surface area contributed by atoms with Crippen LogP contribution < -0.4 is 5.32 Å². The number of amides is 1. The molecule has 1 amide bonds. The van der Waals surface area contributed by atoms with Gasteiger partial charge in [-0.15, -0.1) is 0 Å². The molecule has 0 unspecified atom stereocenters. The average molecular weight is 257 g/mol. The molecular formula is C15H15NO3. The maximum absolute atomic E-state index is 11.7. The summed E-state index contributed by atoms with van der Waals surface area (Å²) in [7, 11) is 1.30. The van der Waals surface area contributed by atoms with Crippen LogP contribution in [0.15, 0.2) is 42.5 Å². The van der Waals surface area contributed by atoms with Gasteiger partial charge in [-0.2, -0.15) is 0 Å². The van der Waals surface area contributed by atoms with Crippen LogP contribution >= 0.6 is 0 Å². The minimum absolute atomic E-state index is 0.274. The van der Waals surface area contributed by atoms with Gasteiger partial charge in [-0.25, -0.2) is 4.79 Å². The van der Waals surface area contributed by atoms with E-state index in [1.807, 2.05) is 42.5 Å². The summed E-state index contributed by atoms with van der Waals surface area (Å²) in [5.41, 5.74) is 0.709. The second kappa shape index (κ2) is 5.52. The first-order chi connectivity index (χ1) is 9.11. The van der Waals surface area contributed by atoms with Gasteiger partial charge in [0.25, 0.3) is 0 Å². The second-order valence-corrected chi connectivity index (χ2v) is 4.26. The van der Waals surface area contributed by atoms with Gasteiger partial charge in [-0.05, 0) is 22.4 Å². The van der Waals surface area contributed by atoms with E-state index in [0.717, 1.165) is 10.8 Å². The third kappa shape index (κ3) is 2.91. The predicted molar refractivity (Wildman–Crippen MR) is 72.5 cm³/mol. The summed E-state index contributed by atoms with van der Waals surface area (Å²) < 4.78 is 4.73. The van der Waals surface area contributed by atoms with E-state index in [4.69, 9.17) is 4.74 Å². The molecule has 0 aliphatic rings. The van der Waals surface area contributed by atoms with Crippen LogP contribution in [0.5, 0.6) is 0 Å². The lowest BCUT2D eigenvalue weighted by Crippen LogP contribution is -2.32. The predicted octanol–water partition coefficient (Wildman–Crippen LogP) is 2.19. The molecule has 0 radical (unpaired) electrons. The molecule has 98 valence electrons. The average Bonchev–Trinajstić information content (AvgIpc) is 2.43. The number of carbonyl (C=O) groups excluding carboxylic acids is 2. The number of esters is 1. The van der Waals surface area contributed by atoms with Crippen LogP contribution in [-0.2, 0) is 14.3 Å². The van der Waals surface area contributed by atoms with Gasteiger partial charge in [0, 0.05) is 6.92 Å². The van der Waals surface area contributed by atoms with Crippen LogP contribution in [0.25, 0.3) is 10.8 Å². The fourth-order valence-electron chi connectivity index (χ4n) is 1.99. The summed E-state index contributed by atoms with van der Waals surface area (Å²) in [6.45, 7) is 1.37. The lowest BCUT2D eigenvalue weighted by Gasteiger charge is -2.16. The molecule has 1 atom stereocenters. The standard InChI is InChI=1S/C15H15NO3/c1-10(17)16-14(15(18)19-2)13-8-7-11-5-3-4-6-12(11)9-13/h3-9,14H,1-2H3,(H,16,17)/t14-/m1/s1. The lowest BCUT2D eigenvalue weighted by molar-refractivity contribution is -0.145. The van der Waals surface area contributed by atoms with Crippen molar-refractivity contribution in [3.8, 4) is 0 Å². The quantitative estimate of drug-likeness (QED) is 0.857. The van der Waals surface area contributed by atoms with Crippen molar-refractivity contribution in [2.75, 3.05) is 7.11 Å². The van der Waals surface area contributed by atoms with Crippen molar-refractivity contribution in [1.82, 2.24) is 5.32 Å². The van der Waals surface area contributed by atoms with E-state index in [-0.39, 0.29) is 5.91 Å². The molecule has 4 nitrogen and oxygen atoms in total. The van der Waals surface area contributed by atoms with E-state index in [2.05, 4.69) is 5.32 Å². The fourth-order valence-corrected chi connectivity index (χ4v) is 1.99. The number of ether oxygens (including phenoxy) is 1. The van der Waals surface area contributed by atoms with Gasteiger partial charge in [0.1, 0.15) is 0 Å². The molecule has 0 bridgehead atoms. The minimum Gasteiger partial charge on any atom is -0.467 e. The molecule has 0 saturated heterocycles. The van der Waals surface area contributed by atoms with Crippen molar-refractivity contribution >= 4 is 22.6 Å². The van der Waals surface area contributed by atoms with E-state index in [0.29, 0.717) is 5.56 Å². The zero-order chi connectivity index (χ0) is 13.8. The van der Waals surface area contributed by atoms with E-state index >= 15 is 0 Å². The number of nitrogens with one attached hydrogen (secondary N) is 1. The van der Waals surface area contributed by atoms with Gasteiger partial charge in [-0.1, -0.05) is 36.4 Å². The molecule has 0 heterocycles. The highest BCUT2D eigenvalue weighted by molar-refractivity contribution is 5.88. The van der Waals surface area contributed by atoms with Crippen LogP contribution in [0.1, 0.15) is 18.5 Å². The molecule has 0 aliphatic carbocycles. The Kier molecular flexibility index (Phi) is 3.80. The molecule has 0 spiro atoms. The summed E-state index contributed by atoms with van der Waals surface area (Å²) in [4.78, 5) is 22.9. The number of rotatable bonds is 3. The minimum atomic E-state index is -0.771. The summed E-state index contributed by atoms with van der Waals surface area (Å²) in [5, 5.41) is 4.69. The Morgan fingerprint density at radius 1 is 1.11 bits per heavy atom. The van der Waals surface area contributed by atoms with E-state index < -0.39 is 12.0 Å². The van der Waals surface area contributed by atoms with Gasteiger partial charge in [-0.3, -0.25) is 4.79 Å². The molecule has 1 N–H and O–H groups in total. The Morgan fingerprint density at radius 2 is 1.79 bits per heavy atom. The van der Waals surface area contributed by atoms with Crippen LogP contribution in [0.4, 0.5) is 0 Å². The second-order valence-electron chi connectivity index (χ2n) is 4.26. The van der Waals surface area contributed by atoms with E-state index in [9.17, 15) is 9.59 Å². The molecule has 2 aromatic carbocycles. The molecular weight excluding hydrogens is 242 g/mol. The Balaban J connectivity index is 2.43. The Hall–Kier alpha value is -2.36. The maximum Gasteiger partial charge on any atom is 0.333 e. The van der Waals surface area contributed by atoms with Gasteiger partial charge >= 0.3 is 5.97 Å². The van der Waals surface area contributed by atoms with Gasteiger partial charge in [0.05, 0.1) is 7.11 Å². The van der Waals surface area contributed by atoms with Crippen molar-refractivity contribution < 1.29 is 14.3 Å². The fraction of sp³-hybridized carbons (Fsp3) is 0.200. The largest absolute Gasteiger partial charge is 0.467 e. The first kappa shape index (κ1) is 13.1. The summed E-state index contributed by atoms with van der Waals surface area (Å²) in [6.07, 6.45) is 0. The highest BCUT2D eigenvalue weighted by Crippen LogP contribution is 2.21. The highest BCUT2D eigenvalue weighted by atomic mass is 16.5.